The first-order valence-electron chi connectivity index (χ1n) is 9.28. The topological polar surface area (TPSA) is 76.7 Å². The third-order valence-corrected chi connectivity index (χ3v) is 5.24. The predicted octanol–water partition coefficient (Wildman–Crippen LogP) is 4.61. The van der Waals surface area contributed by atoms with Crippen molar-refractivity contribution in [1.82, 2.24) is 5.32 Å². The van der Waals surface area contributed by atoms with Gasteiger partial charge >= 0.3 is 6.18 Å². The summed E-state index contributed by atoms with van der Waals surface area (Å²) in [6, 6.07) is 9.49. The number of carbonyl (C=O) groups excluding carboxylic acids is 2. The molecular formula is C21H17F3N2O4S2. The van der Waals surface area contributed by atoms with Crippen LogP contribution in [0.5, 0.6) is 11.5 Å². The first-order valence-corrected chi connectivity index (χ1v) is 10.5. The number of nitrogens with one attached hydrogen (secondary N) is 2. The lowest BCUT2D eigenvalue weighted by molar-refractivity contribution is -0.137. The van der Waals surface area contributed by atoms with E-state index in [0.717, 1.165) is 23.9 Å². The first kappa shape index (κ1) is 23.6. The average molecular weight is 483 g/mol. The number of anilines is 1. The molecule has 0 aliphatic carbocycles. The number of carbonyl (C=O) groups is 2. The first-order chi connectivity index (χ1) is 15.2. The molecule has 0 saturated carbocycles. The highest BCUT2D eigenvalue weighted by Gasteiger charge is 2.33. The molecule has 0 radical (unpaired) electrons. The molecule has 2 N–H and O–H groups in total. The summed E-state index contributed by atoms with van der Waals surface area (Å²) >= 11 is 6.09. The Labute approximate surface area is 191 Å². The van der Waals surface area contributed by atoms with Gasteiger partial charge in [0.05, 0.1) is 22.8 Å². The fourth-order valence-electron chi connectivity index (χ4n) is 2.74. The van der Waals surface area contributed by atoms with E-state index in [2.05, 4.69) is 10.6 Å². The van der Waals surface area contributed by atoms with Gasteiger partial charge in [0.25, 0.3) is 11.8 Å². The largest absolute Gasteiger partial charge is 0.490 e. The van der Waals surface area contributed by atoms with Crippen LogP contribution in [0.3, 0.4) is 0 Å². The third-order valence-electron chi connectivity index (χ3n) is 4.07. The Bertz CT molecular complexity index is 1090. The van der Waals surface area contributed by atoms with E-state index in [-0.39, 0.29) is 17.3 Å². The van der Waals surface area contributed by atoms with Crippen LogP contribution in [0, 0.1) is 0 Å². The zero-order chi connectivity index (χ0) is 23.3. The van der Waals surface area contributed by atoms with E-state index in [1.165, 1.54) is 12.1 Å². The molecule has 6 nitrogen and oxygen atoms in total. The van der Waals surface area contributed by atoms with Gasteiger partial charge in [-0.2, -0.15) is 13.2 Å². The number of thioether (sulfide) groups is 1. The van der Waals surface area contributed by atoms with E-state index in [4.69, 9.17) is 21.7 Å². The standard InChI is InChI=1S/C21H17F3N2O4S2/c1-2-29-16-9-12(10-17-19(28)26-20(31)32-17)7-8-15(16)30-11-18(27)25-14-6-4-3-5-13(14)21(22,23)24/h3-10H,2,11H2,1H3,(H,25,27)(H,26,28,31)/b17-10-. The van der Waals surface area contributed by atoms with Crippen LogP contribution in [-0.4, -0.2) is 29.3 Å². The van der Waals surface area contributed by atoms with Crippen molar-refractivity contribution in [3.05, 3.63) is 58.5 Å². The summed E-state index contributed by atoms with van der Waals surface area (Å²) in [5, 5.41) is 4.73. The van der Waals surface area contributed by atoms with Crippen LogP contribution in [0.25, 0.3) is 6.08 Å². The Morgan fingerprint density at radius 1 is 1.19 bits per heavy atom. The monoisotopic (exact) mass is 482 g/mol. The van der Waals surface area contributed by atoms with Crippen molar-refractivity contribution in [1.29, 1.82) is 0 Å². The lowest BCUT2D eigenvalue weighted by Crippen LogP contribution is -2.22. The number of alkyl halides is 3. The highest BCUT2D eigenvalue weighted by atomic mass is 32.2. The zero-order valence-electron chi connectivity index (χ0n) is 16.6. The molecule has 168 valence electrons. The van der Waals surface area contributed by atoms with Crippen LogP contribution >= 0.6 is 24.0 Å². The van der Waals surface area contributed by atoms with Gasteiger partial charge in [-0.25, -0.2) is 0 Å². The van der Waals surface area contributed by atoms with Gasteiger partial charge in [0, 0.05) is 0 Å². The molecule has 1 aliphatic heterocycles. The Hall–Kier alpha value is -3.05. The van der Waals surface area contributed by atoms with Gasteiger partial charge in [-0.1, -0.05) is 42.2 Å². The van der Waals surface area contributed by atoms with Gasteiger partial charge in [0.2, 0.25) is 0 Å². The molecule has 1 fully saturated rings. The molecule has 1 aliphatic rings. The zero-order valence-corrected chi connectivity index (χ0v) is 18.2. The molecule has 2 aromatic carbocycles. The Morgan fingerprint density at radius 3 is 2.59 bits per heavy atom. The van der Waals surface area contributed by atoms with Gasteiger partial charge in [-0.3, -0.25) is 9.59 Å². The summed E-state index contributed by atoms with van der Waals surface area (Å²) < 4.78 is 50.6. The Morgan fingerprint density at radius 2 is 1.94 bits per heavy atom. The molecule has 2 aromatic rings. The Balaban J connectivity index is 1.71. The minimum atomic E-state index is -4.60. The minimum absolute atomic E-state index is 0.229. The predicted molar refractivity (Wildman–Crippen MR) is 119 cm³/mol. The van der Waals surface area contributed by atoms with Gasteiger partial charge in [-0.05, 0) is 42.8 Å². The summed E-state index contributed by atoms with van der Waals surface area (Å²) in [5.74, 6) is -0.513. The third kappa shape index (κ3) is 6.01. The van der Waals surface area contributed by atoms with Gasteiger partial charge < -0.3 is 20.1 Å². The number of rotatable bonds is 7. The molecule has 0 aromatic heterocycles. The normalized spacial score (nSPS) is 14.9. The summed E-state index contributed by atoms with van der Waals surface area (Å²) in [6.45, 7) is 1.54. The average Bonchev–Trinajstić information content (AvgIpc) is 3.04. The second-order valence-electron chi connectivity index (χ2n) is 6.37. The number of benzene rings is 2. The maximum Gasteiger partial charge on any atom is 0.418 e. The second kappa shape index (κ2) is 10.0. The fourth-order valence-corrected chi connectivity index (χ4v) is 3.79. The van der Waals surface area contributed by atoms with Crippen LogP contribution in [0.4, 0.5) is 18.9 Å². The van der Waals surface area contributed by atoms with Crippen molar-refractivity contribution in [2.75, 3.05) is 18.5 Å². The van der Waals surface area contributed by atoms with E-state index in [1.807, 2.05) is 0 Å². The molecule has 1 heterocycles. The number of halogens is 3. The molecule has 3 rings (SSSR count). The van der Waals surface area contributed by atoms with Crippen LogP contribution in [0.2, 0.25) is 0 Å². The van der Waals surface area contributed by atoms with Crippen LogP contribution in [0.1, 0.15) is 18.1 Å². The van der Waals surface area contributed by atoms with Crippen molar-refractivity contribution in [2.24, 2.45) is 0 Å². The summed E-state index contributed by atoms with van der Waals surface area (Å²) in [6.07, 6.45) is -2.97. The highest BCUT2D eigenvalue weighted by molar-refractivity contribution is 8.26. The molecule has 32 heavy (non-hydrogen) atoms. The lowest BCUT2D eigenvalue weighted by Gasteiger charge is -2.15. The maximum absolute atomic E-state index is 13.1. The molecule has 2 amide bonds. The van der Waals surface area contributed by atoms with E-state index in [0.29, 0.717) is 27.1 Å². The number of amides is 2. The molecule has 0 unspecified atom stereocenters. The van der Waals surface area contributed by atoms with Crippen molar-refractivity contribution in [3.63, 3.8) is 0 Å². The van der Waals surface area contributed by atoms with Gasteiger partial charge in [0.15, 0.2) is 18.1 Å². The number of para-hydroxylation sites is 1. The fraction of sp³-hybridized carbons (Fsp3) is 0.190. The van der Waals surface area contributed by atoms with Crippen molar-refractivity contribution >= 4 is 51.9 Å². The number of thiocarbonyl (C=S) groups is 1. The van der Waals surface area contributed by atoms with E-state index in [9.17, 15) is 22.8 Å². The minimum Gasteiger partial charge on any atom is -0.490 e. The molecule has 11 heteroatoms. The van der Waals surface area contributed by atoms with Crippen molar-refractivity contribution in [2.45, 2.75) is 13.1 Å². The van der Waals surface area contributed by atoms with E-state index in [1.54, 1.807) is 31.2 Å². The molecule has 0 atom stereocenters. The maximum atomic E-state index is 13.1. The summed E-state index contributed by atoms with van der Waals surface area (Å²) in [5.41, 5.74) is -0.661. The molecule has 1 saturated heterocycles. The highest BCUT2D eigenvalue weighted by Crippen LogP contribution is 2.35. The number of hydrogen-bond acceptors (Lipinski definition) is 6. The van der Waals surface area contributed by atoms with E-state index >= 15 is 0 Å². The van der Waals surface area contributed by atoms with Gasteiger partial charge in [-0.15, -0.1) is 0 Å². The van der Waals surface area contributed by atoms with E-state index < -0.39 is 24.3 Å². The molecule has 0 bridgehead atoms. The van der Waals surface area contributed by atoms with Crippen LogP contribution < -0.4 is 20.1 Å². The SMILES string of the molecule is CCOc1cc(/C=C2\SC(=S)NC2=O)ccc1OCC(=O)Nc1ccccc1C(F)(F)F. The molecule has 0 spiro atoms. The lowest BCUT2D eigenvalue weighted by atomic mass is 10.1. The van der Waals surface area contributed by atoms with Crippen molar-refractivity contribution in [3.8, 4) is 11.5 Å². The smallest absolute Gasteiger partial charge is 0.418 e. The summed E-state index contributed by atoms with van der Waals surface area (Å²) in [4.78, 5) is 24.4. The summed E-state index contributed by atoms with van der Waals surface area (Å²) in [7, 11) is 0. The quantitative estimate of drug-likeness (QED) is 0.444. The Kier molecular flexibility index (Phi) is 7.41. The van der Waals surface area contributed by atoms with Gasteiger partial charge in [0.1, 0.15) is 4.32 Å². The number of ether oxygens (including phenoxy) is 2. The van der Waals surface area contributed by atoms with Crippen LogP contribution in [-0.2, 0) is 15.8 Å². The van der Waals surface area contributed by atoms with Crippen LogP contribution in [0.15, 0.2) is 47.4 Å². The number of hydrogen-bond donors (Lipinski definition) is 2. The van der Waals surface area contributed by atoms with Crippen molar-refractivity contribution < 1.29 is 32.2 Å². The second-order valence-corrected chi connectivity index (χ2v) is 8.09. The molecular weight excluding hydrogens is 465 g/mol.